The molecular formula is C14H20N4S. The van der Waals surface area contributed by atoms with Gasteiger partial charge in [-0.15, -0.1) is 11.3 Å². The zero-order valence-electron chi connectivity index (χ0n) is 11.6. The lowest BCUT2D eigenvalue weighted by Crippen LogP contribution is -2.22. The molecule has 0 aliphatic heterocycles. The lowest BCUT2D eigenvalue weighted by molar-refractivity contribution is 0.740. The molecule has 2 aromatic heterocycles. The zero-order valence-corrected chi connectivity index (χ0v) is 12.4. The van der Waals surface area contributed by atoms with Crippen molar-refractivity contribution >= 4 is 23.0 Å². The quantitative estimate of drug-likeness (QED) is 0.876. The molecule has 1 N–H and O–H groups in total. The molecule has 4 nitrogen and oxygen atoms in total. The van der Waals surface area contributed by atoms with Crippen molar-refractivity contribution in [2.45, 2.75) is 26.3 Å². The number of hydrogen-bond donors (Lipinski definition) is 1. The van der Waals surface area contributed by atoms with E-state index in [1.165, 1.54) is 4.88 Å². The molecule has 0 spiro atoms. The van der Waals surface area contributed by atoms with Crippen LogP contribution >= 0.6 is 11.3 Å². The molecule has 0 radical (unpaired) electrons. The smallest absolute Gasteiger partial charge is 0.134 e. The summed E-state index contributed by atoms with van der Waals surface area (Å²) in [4.78, 5) is 12.1. The Labute approximate surface area is 118 Å². The Balaban J connectivity index is 2.12. The first-order valence-corrected chi connectivity index (χ1v) is 7.42. The van der Waals surface area contributed by atoms with Crippen molar-refractivity contribution < 1.29 is 0 Å². The number of hydrogen-bond acceptors (Lipinski definition) is 5. The van der Waals surface area contributed by atoms with Gasteiger partial charge in [-0.05, 0) is 24.8 Å². The average Bonchev–Trinajstić information content (AvgIpc) is 2.98. The SMILES string of the molecule is CCCNc1cc(N(C)C(C)c2cccs2)ncn1. The summed E-state index contributed by atoms with van der Waals surface area (Å²) in [5.74, 6) is 1.83. The van der Waals surface area contributed by atoms with Crippen LogP contribution in [0, 0.1) is 0 Å². The standard InChI is InChI=1S/C14H20N4S/c1-4-7-15-13-9-14(17-10-16-13)18(3)11(2)12-6-5-8-19-12/h5-6,8-11H,4,7H2,1-3H3,(H,15,16,17). The van der Waals surface area contributed by atoms with E-state index in [1.807, 2.05) is 6.07 Å². The van der Waals surface area contributed by atoms with Crippen LogP contribution in [0.25, 0.3) is 0 Å². The number of thiophene rings is 1. The molecular weight excluding hydrogens is 256 g/mol. The molecule has 0 saturated heterocycles. The highest BCUT2D eigenvalue weighted by atomic mass is 32.1. The van der Waals surface area contributed by atoms with Crippen LogP contribution in [0.1, 0.15) is 31.2 Å². The molecule has 0 bridgehead atoms. The van der Waals surface area contributed by atoms with E-state index in [1.54, 1.807) is 17.7 Å². The number of aromatic nitrogens is 2. The molecule has 5 heteroatoms. The fourth-order valence-electron chi connectivity index (χ4n) is 1.81. The molecule has 0 aliphatic rings. The van der Waals surface area contributed by atoms with Gasteiger partial charge in [0, 0.05) is 24.5 Å². The van der Waals surface area contributed by atoms with Gasteiger partial charge >= 0.3 is 0 Å². The van der Waals surface area contributed by atoms with Crippen LogP contribution in [0.2, 0.25) is 0 Å². The second kappa shape index (κ2) is 6.52. The molecule has 2 heterocycles. The largest absolute Gasteiger partial charge is 0.370 e. The fourth-order valence-corrected chi connectivity index (χ4v) is 2.63. The highest BCUT2D eigenvalue weighted by Gasteiger charge is 2.14. The molecule has 2 aromatic rings. The van der Waals surface area contributed by atoms with E-state index in [2.05, 4.69) is 58.6 Å². The fraction of sp³-hybridized carbons (Fsp3) is 0.429. The Bertz CT molecular complexity index is 498. The van der Waals surface area contributed by atoms with Crippen molar-refractivity contribution in [3.05, 3.63) is 34.8 Å². The van der Waals surface area contributed by atoms with Crippen molar-refractivity contribution in [1.29, 1.82) is 0 Å². The maximum atomic E-state index is 4.36. The summed E-state index contributed by atoms with van der Waals surface area (Å²) < 4.78 is 0. The summed E-state index contributed by atoms with van der Waals surface area (Å²) in [5, 5.41) is 5.39. The number of nitrogens with zero attached hydrogens (tertiary/aromatic N) is 3. The second-order valence-electron chi connectivity index (χ2n) is 4.49. The maximum absolute atomic E-state index is 4.36. The summed E-state index contributed by atoms with van der Waals surface area (Å²) in [6, 6.07) is 6.55. The van der Waals surface area contributed by atoms with E-state index in [9.17, 15) is 0 Å². The van der Waals surface area contributed by atoms with Gasteiger partial charge in [-0.3, -0.25) is 0 Å². The molecule has 0 amide bonds. The minimum Gasteiger partial charge on any atom is -0.370 e. The highest BCUT2D eigenvalue weighted by molar-refractivity contribution is 7.10. The van der Waals surface area contributed by atoms with Gasteiger partial charge in [0.15, 0.2) is 0 Å². The van der Waals surface area contributed by atoms with E-state index in [0.717, 1.165) is 24.6 Å². The topological polar surface area (TPSA) is 41.0 Å². The lowest BCUT2D eigenvalue weighted by atomic mass is 10.2. The van der Waals surface area contributed by atoms with Gasteiger partial charge in [-0.1, -0.05) is 13.0 Å². The number of nitrogens with one attached hydrogen (secondary N) is 1. The normalized spacial score (nSPS) is 12.2. The van der Waals surface area contributed by atoms with Crippen LogP contribution in [0.3, 0.4) is 0 Å². The van der Waals surface area contributed by atoms with Gasteiger partial charge in [-0.25, -0.2) is 9.97 Å². The molecule has 19 heavy (non-hydrogen) atoms. The maximum Gasteiger partial charge on any atom is 0.134 e. The van der Waals surface area contributed by atoms with Gasteiger partial charge in [0.1, 0.15) is 18.0 Å². The Morgan fingerprint density at radius 3 is 2.95 bits per heavy atom. The Morgan fingerprint density at radius 1 is 1.42 bits per heavy atom. The third-order valence-electron chi connectivity index (χ3n) is 3.11. The molecule has 102 valence electrons. The van der Waals surface area contributed by atoms with E-state index >= 15 is 0 Å². The summed E-state index contributed by atoms with van der Waals surface area (Å²) in [6.45, 7) is 5.26. The Morgan fingerprint density at radius 2 is 2.26 bits per heavy atom. The van der Waals surface area contributed by atoms with Gasteiger partial charge in [0.25, 0.3) is 0 Å². The van der Waals surface area contributed by atoms with Crippen LogP contribution in [0.15, 0.2) is 29.9 Å². The van der Waals surface area contributed by atoms with E-state index in [4.69, 9.17) is 0 Å². The summed E-state index contributed by atoms with van der Waals surface area (Å²) >= 11 is 1.77. The molecule has 0 fully saturated rings. The number of anilines is 2. The van der Waals surface area contributed by atoms with Crippen molar-refractivity contribution in [1.82, 2.24) is 9.97 Å². The molecule has 2 rings (SSSR count). The van der Waals surface area contributed by atoms with Crippen LogP contribution in [-0.2, 0) is 0 Å². The van der Waals surface area contributed by atoms with Gasteiger partial charge in [-0.2, -0.15) is 0 Å². The molecule has 0 aromatic carbocycles. The summed E-state index contributed by atoms with van der Waals surface area (Å²) in [6.07, 6.45) is 2.70. The minimum atomic E-state index is 0.314. The predicted molar refractivity (Wildman–Crippen MR) is 81.9 cm³/mol. The van der Waals surface area contributed by atoms with Gasteiger partial charge in [0.05, 0.1) is 6.04 Å². The van der Waals surface area contributed by atoms with E-state index in [0.29, 0.717) is 6.04 Å². The third-order valence-corrected chi connectivity index (χ3v) is 4.15. The van der Waals surface area contributed by atoms with Crippen molar-refractivity contribution in [3.8, 4) is 0 Å². The summed E-state index contributed by atoms with van der Waals surface area (Å²) in [7, 11) is 2.07. The monoisotopic (exact) mass is 276 g/mol. The van der Waals surface area contributed by atoms with Crippen molar-refractivity contribution in [2.75, 3.05) is 23.8 Å². The lowest BCUT2D eigenvalue weighted by Gasteiger charge is -2.25. The first-order valence-electron chi connectivity index (χ1n) is 6.54. The summed E-state index contributed by atoms with van der Waals surface area (Å²) in [5.41, 5.74) is 0. The van der Waals surface area contributed by atoms with Gasteiger partial charge < -0.3 is 10.2 Å². The first kappa shape index (κ1) is 13.8. The van der Waals surface area contributed by atoms with Crippen LogP contribution in [-0.4, -0.2) is 23.6 Å². The molecule has 0 aliphatic carbocycles. The van der Waals surface area contributed by atoms with Crippen LogP contribution < -0.4 is 10.2 Å². The predicted octanol–water partition coefficient (Wildman–Crippen LogP) is 3.56. The van der Waals surface area contributed by atoms with Crippen LogP contribution in [0.4, 0.5) is 11.6 Å². The number of rotatable bonds is 6. The molecule has 0 saturated carbocycles. The highest BCUT2D eigenvalue weighted by Crippen LogP contribution is 2.27. The van der Waals surface area contributed by atoms with Crippen LogP contribution in [0.5, 0.6) is 0 Å². The minimum absolute atomic E-state index is 0.314. The molecule has 1 unspecified atom stereocenters. The Kier molecular flexibility index (Phi) is 4.74. The Hall–Kier alpha value is -1.62. The average molecular weight is 276 g/mol. The van der Waals surface area contributed by atoms with E-state index in [-0.39, 0.29) is 0 Å². The van der Waals surface area contributed by atoms with E-state index < -0.39 is 0 Å². The molecule has 1 atom stereocenters. The second-order valence-corrected chi connectivity index (χ2v) is 5.47. The van der Waals surface area contributed by atoms with Crippen molar-refractivity contribution in [2.24, 2.45) is 0 Å². The van der Waals surface area contributed by atoms with Gasteiger partial charge in [0.2, 0.25) is 0 Å². The third kappa shape index (κ3) is 3.44. The van der Waals surface area contributed by atoms with Crippen molar-refractivity contribution in [3.63, 3.8) is 0 Å². The zero-order chi connectivity index (χ0) is 13.7. The first-order chi connectivity index (χ1) is 9.22.